The van der Waals surface area contributed by atoms with Crippen LogP contribution in [0.2, 0.25) is 0 Å². The fourth-order valence-electron chi connectivity index (χ4n) is 0.726. The van der Waals surface area contributed by atoms with E-state index in [0.29, 0.717) is 0 Å². The zero-order valence-electron chi connectivity index (χ0n) is 6.35. The van der Waals surface area contributed by atoms with Gasteiger partial charge in [0.05, 0.1) is 4.92 Å². The Kier molecular flexibility index (Phi) is 3.07. The molecule has 14 heavy (non-hydrogen) atoms. The number of nitro groups is 1. The summed E-state index contributed by atoms with van der Waals surface area (Å²) in [5.41, 5.74) is -0.403. The summed E-state index contributed by atoms with van der Waals surface area (Å²) in [4.78, 5) is 13.1. The highest BCUT2D eigenvalue weighted by Crippen LogP contribution is 2.30. The number of hydrogen-bond donors (Lipinski definition) is 0. The zero-order chi connectivity index (χ0) is 10.9. The molecule has 0 amide bonds. The first kappa shape index (κ1) is 11.3. The monoisotopic (exact) mass is 300 g/mol. The van der Waals surface area contributed by atoms with Crippen molar-refractivity contribution >= 4 is 41.4 Å². The predicted molar refractivity (Wildman–Crippen MR) is 51.6 cm³/mol. The minimum Gasteiger partial charge on any atom is -0.258 e. The minimum absolute atomic E-state index is 0.250. The molecule has 0 aliphatic rings. The molecule has 0 fully saturated rings. The summed E-state index contributed by atoms with van der Waals surface area (Å²) < 4.78 is 21.5. The Hall–Kier alpha value is -0.730. The molecule has 1 heterocycles. The lowest BCUT2D eigenvalue weighted by atomic mass is 10.4. The van der Waals surface area contributed by atoms with E-state index in [9.17, 15) is 18.5 Å². The van der Waals surface area contributed by atoms with E-state index in [2.05, 4.69) is 20.9 Å². The standard InChI is InChI=1S/C5H2BrClN2O4S/c6-4-3(9(10)11)1-2-8-5(4)14(7,12)13/h1-2H. The number of hydrogen-bond acceptors (Lipinski definition) is 5. The van der Waals surface area contributed by atoms with Crippen molar-refractivity contribution in [2.24, 2.45) is 0 Å². The third-order valence-electron chi connectivity index (χ3n) is 1.26. The van der Waals surface area contributed by atoms with Gasteiger partial charge in [-0.3, -0.25) is 10.1 Å². The van der Waals surface area contributed by atoms with E-state index in [4.69, 9.17) is 10.7 Å². The number of pyridine rings is 1. The van der Waals surface area contributed by atoms with Gasteiger partial charge in [-0.05, 0) is 15.9 Å². The van der Waals surface area contributed by atoms with Gasteiger partial charge in [0.2, 0.25) is 0 Å². The number of halogens is 2. The number of rotatable bonds is 2. The van der Waals surface area contributed by atoms with Crippen molar-refractivity contribution in [3.05, 3.63) is 26.9 Å². The Morgan fingerprint density at radius 1 is 1.57 bits per heavy atom. The Labute approximate surface area is 91.6 Å². The van der Waals surface area contributed by atoms with Gasteiger partial charge in [-0.2, -0.15) is 0 Å². The number of aromatic nitrogens is 1. The first-order valence-electron chi connectivity index (χ1n) is 3.07. The molecule has 1 rings (SSSR count). The van der Waals surface area contributed by atoms with Gasteiger partial charge in [0.15, 0.2) is 5.03 Å². The van der Waals surface area contributed by atoms with E-state index >= 15 is 0 Å². The van der Waals surface area contributed by atoms with Crippen LogP contribution in [0.3, 0.4) is 0 Å². The molecule has 0 N–H and O–H groups in total. The highest BCUT2D eigenvalue weighted by atomic mass is 79.9. The lowest BCUT2D eigenvalue weighted by Crippen LogP contribution is -1.99. The van der Waals surface area contributed by atoms with Gasteiger partial charge in [0.25, 0.3) is 14.7 Å². The predicted octanol–water partition coefficient (Wildman–Crippen LogP) is 1.68. The maximum Gasteiger partial charge on any atom is 0.288 e. The molecule has 0 saturated carbocycles. The molecule has 0 spiro atoms. The van der Waals surface area contributed by atoms with Crippen molar-refractivity contribution in [2.75, 3.05) is 0 Å². The molecule has 76 valence electrons. The maximum atomic E-state index is 10.9. The third-order valence-corrected chi connectivity index (χ3v) is 3.52. The molecular weight excluding hydrogens is 299 g/mol. The van der Waals surface area contributed by atoms with Crippen LogP contribution in [0.4, 0.5) is 5.69 Å². The second-order valence-electron chi connectivity index (χ2n) is 2.14. The van der Waals surface area contributed by atoms with E-state index in [1.165, 1.54) is 0 Å². The Morgan fingerprint density at radius 3 is 2.57 bits per heavy atom. The highest BCUT2D eigenvalue weighted by Gasteiger charge is 2.23. The Balaban J connectivity index is 3.51. The third kappa shape index (κ3) is 2.20. The molecule has 0 radical (unpaired) electrons. The van der Waals surface area contributed by atoms with Crippen LogP contribution < -0.4 is 0 Å². The second-order valence-corrected chi connectivity index (χ2v) is 5.42. The molecule has 0 aliphatic heterocycles. The van der Waals surface area contributed by atoms with Gasteiger partial charge in [-0.1, -0.05) is 0 Å². The summed E-state index contributed by atoms with van der Waals surface area (Å²) in [5, 5.41) is 9.85. The van der Waals surface area contributed by atoms with Gasteiger partial charge in [-0.15, -0.1) is 0 Å². The van der Waals surface area contributed by atoms with Crippen molar-refractivity contribution < 1.29 is 13.3 Å². The van der Waals surface area contributed by atoms with E-state index in [-0.39, 0.29) is 4.47 Å². The first-order chi connectivity index (χ1) is 6.34. The van der Waals surface area contributed by atoms with Crippen molar-refractivity contribution in [3.8, 4) is 0 Å². The molecule has 0 bridgehead atoms. The van der Waals surface area contributed by atoms with E-state index < -0.39 is 24.7 Å². The van der Waals surface area contributed by atoms with Gasteiger partial charge in [0.1, 0.15) is 4.47 Å². The molecule has 1 aromatic heterocycles. The van der Waals surface area contributed by atoms with Crippen LogP contribution in [-0.2, 0) is 9.05 Å². The molecule has 1 aromatic rings. The summed E-state index contributed by atoms with van der Waals surface area (Å²) in [6, 6.07) is 1.07. The number of nitrogens with zero attached hydrogens (tertiary/aromatic N) is 2. The Bertz CT molecular complexity index is 489. The van der Waals surface area contributed by atoms with Crippen LogP contribution in [0.5, 0.6) is 0 Å². The fourth-order valence-corrected chi connectivity index (χ4v) is 2.88. The summed E-state index contributed by atoms with van der Waals surface area (Å²) in [6.07, 6.45) is 0.998. The average Bonchev–Trinajstić information content (AvgIpc) is 2.01. The smallest absolute Gasteiger partial charge is 0.258 e. The molecule has 9 heteroatoms. The second kappa shape index (κ2) is 3.79. The van der Waals surface area contributed by atoms with Crippen molar-refractivity contribution in [1.82, 2.24) is 4.98 Å². The van der Waals surface area contributed by atoms with Crippen molar-refractivity contribution in [3.63, 3.8) is 0 Å². The molecule has 0 saturated heterocycles. The summed E-state index contributed by atoms with van der Waals surface area (Å²) in [5.74, 6) is 0. The molecule has 6 nitrogen and oxygen atoms in total. The van der Waals surface area contributed by atoms with Crippen molar-refractivity contribution in [1.29, 1.82) is 0 Å². The summed E-state index contributed by atoms with van der Waals surface area (Å²) in [6.45, 7) is 0. The maximum absolute atomic E-state index is 10.9. The van der Waals surface area contributed by atoms with Crippen LogP contribution >= 0.6 is 26.6 Å². The van der Waals surface area contributed by atoms with Crippen molar-refractivity contribution in [2.45, 2.75) is 5.03 Å². The van der Waals surface area contributed by atoms with Crippen LogP contribution in [0.25, 0.3) is 0 Å². The lowest BCUT2D eigenvalue weighted by molar-refractivity contribution is -0.386. The highest BCUT2D eigenvalue weighted by molar-refractivity contribution is 9.10. The van der Waals surface area contributed by atoms with Crippen LogP contribution in [0.1, 0.15) is 0 Å². The van der Waals surface area contributed by atoms with Gasteiger partial charge >= 0.3 is 0 Å². The van der Waals surface area contributed by atoms with Crippen LogP contribution in [0, 0.1) is 10.1 Å². The molecule has 0 atom stereocenters. The topological polar surface area (TPSA) is 90.2 Å². The van der Waals surface area contributed by atoms with Crippen LogP contribution in [0.15, 0.2) is 21.8 Å². The normalized spacial score (nSPS) is 11.3. The molecule has 0 aliphatic carbocycles. The minimum atomic E-state index is -4.08. The van der Waals surface area contributed by atoms with E-state index in [0.717, 1.165) is 12.3 Å². The average molecular weight is 302 g/mol. The van der Waals surface area contributed by atoms with Gasteiger partial charge in [-0.25, -0.2) is 13.4 Å². The van der Waals surface area contributed by atoms with Gasteiger partial charge < -0.3 is 0 Å². The summed E-state index contributed by atoms with van der Waals surface area (Å²) in [7, 11) is 0.918. The zero-order valence-corrected chi connectivity index (χ0v) is 9.50. The molecular formula is C5H2BrClN2O4S. The van der Waals surface area contributed by atoms with Crippen LogP contribution in [-0.4, -0.2) is 18.3 Å². The largest absolute Gasteiger partial charge is 0.288 e. The molecule has 0 unspecified atom stereocenters. The first-order valence-corrected chi connectivity index (χ1v) is 6.18. The van der Waals surface area contributed by atoms with E-state index in [1.54, 1.807) is 0 Å². The molecule has 0 aromatic carbocycles. The summed E-state index contributed by atoms with van der Waals surface area (Å²) >= 11 is 2.75. The van der Waals surface area contributed by atoms with E-state index in [1.807, 2.05) is 0 Å². The van der Waals surface area contributed by atoms with Gasteiger partial charge in [0, 0.05) is 22.9 Å². The SMILES string of the molecule is O=[N+]([O-])c1ccnc(S(=O)(=O)Cl)c1Br. The lowest BCUT2D eigenvalue weighted by Gasteiger charge is -1.98. The Morgan fingerprint density at radius 2 is 2.14 bits per heavy atom. The fraction of sp³-hybridized carbons (Fsp3) is 0. The quantitative estimate of drug-likeness (QED) is 0.471.